The second-order valence-corrected chi connectivity index (χ2v) is 9.53. The summed E-state index contributed by atoms with van der Waals surface area (Å²) in [4.78, 5) is 25.9. The Morgan fingerprint density at radius 2 is 1.90 bits per heavy atom. The summed E-state index contributed by atoms with van der Waals surface area (Å²) < 4.78 is 48.5. The lowest BCUT2D eigenvalue weighted by Crippen LogP contribution is -2.43. The number of methoxy groups -OCH3 is 1. The second-order valence-electron chi connectivity index (χ2n) is 9.53. The van der Waals surface area contributed by atoms with Crippen molar-refractivity contribution in [3.05, 3.63) is 89.1 Å². The molecule has 1 fully saturated rings. The van der Waals surface area contributed by atoms with E-state index >= 15 is 0 Å². The highest BCUT2D eigenvalue weighted by atomic mass is 19.4. The summed E-state index contributed by atoms with van der Waals surface area (Å²) in [5.41, 5.74) is 1.57. The monoisotopic (exact) mass is 548 g/mol. The number of para-hydroxylation sites is 1. The minimum Gasteiger partial charge on any atom is -0.495 e. The third-order valence-electron chi connectivity index (χ3n) is 6.69. The molecule has 3 heterocycles. The summed E-state index contributed by atoms with van der Waals surface area (Å²) in [6.07, 6.45) is 2.02. The van der Waals surface area contributed by atoms with E-state index < -0.39 is 17.6 Å². The molecule has 0 aliphatic carbocycles. The van der Waals surface area contributed by atoms with Crippen molar-refractivity contribution in [2.75, 3.05) is 45.7 Å². The average molecular weight is 549 g/mol. The number of nitrogens with zero attached hydrogens (tertiary/aromatic N) is 5. The van der Waals surface area contributed by atoms with Crippen LogP contribution in [0, 0.1) is 11.8 Å². The lowest BCUT2D eigenvalue weighted by molar-refractivity contribution is -0.137. The largest absolute Gasteiger partial charge is 0.495 e. The Morgan fingerprint density at radius 3 is 2.65 bits per heavy atom. The lowest BCUT2D eigenvalue weighted by atomic mass is 10.1. The van der Waals surface area contributed by atoms with Gasteiger partial charge in [-0.25, -0.2) is 4.98 Å². The Hall–Kier alpha value is -4.40. The van der Waals surface area contributed by atoms with Gasteiger partial charge in [-0.2, -0.15) is 13.2 Å². The predicted molar refractivity (Wildman–Crippen MR) is 144 cm³/mol. The molecule has 2 aromatic carbocycles. The van der Waals surface area contributed by atoms with Gasteiger partial charge >= 0.3 is 6.18 Å². The molecule has 0 bridgehead atoms. The average Bonchev–Trinajstić information content (AvgIpc) is 3.35. The number of anilines is 1. The minimum absolute atomic E-state index is 0.0573. The van der Waals surface area contributed by atoms with Gasteiger partial charge in [0.05, 0.1) is 36.2 Å². The molecule has 1 aliphatic rings. The van der Waals surface area contributed by atoms with Crippen LogP contribution in [0.2, 0.25) is 0 Å². The van der Waals surface area contributed by atoms with Crippen molar-refractivity contribution in [3.8, 4) is 17.6 Å². The number of carbonyl (C=O) groups excluding carboxylic acids is 1. The highest BCUT2D eigenvalue weighted by molar-refractivity contribution is 6.06. The maximum absolute atomic E-state index is 13.7. The SMILES string of the molecule is COc1c(C#Cc2cnc3cnccn23)cccc1C(=O)Nc1cc(CN2CCN(C)CC2)cc(C(F)(F)F)c1. The van der Waals surface area contributed by atoms with Gasteiger partial charge in [0.15, 0.2) is 5.65 Å². The summed E-state index contributed by atoms with van der Waals surface area (Å²) >= 11 is 0. The van der Waals surface area contributed by atoms with Crippen LogP contribution in [0.4, 0.5) is 18.9 Å². The Morgan fingerprint density at radius 1 is 1.10 bits per heavy atom. The van der Waals surface area contributed by atoms with Gasteiger partial charge in [-0.15, -0.1) is 0 Å². The van der Waals surface area contributed by atoms with Crippen molar-refractivity contribution in [1.82, 2.24) is 24.2 Å². The standard InChI is InChI=1S/C29H27F3N6O2/c1-36-10-12-37(13-11-36)19-20-14-22(29(30,31)32)16-23(15-20)35-28(39)25-5-3-4-21(27(25)40-2)6-7-24-17-34-26-18-33-8-9-38(24)26/h3-5,8-9,14-18H,10-13,19H2,1-2H3,(H,35,39). The third-order valence-corrected chi connectivity index (χ3v) is 6.69. The number of aromatic nitrogens is 3. The topological polar surface area (TPSA) is 75.0 Å². The molecule has 11 heteroatoms. The smallest absolute Gasteiger partial charge is 0.416 e. The Balaban J connectivity index is 1.41. The van der Waals surface area contributed by atoms with Gasteiger partial charge in [0.1, 0.15) is 11.4 Å². The van der Waals surface area contributed by atoms with E-state index in [4.69, 9.17) is 4.74 Å². The number of piperazine rings is 1. The number of rotatable bonds is 5. The molecule has 0 atom stereocenters. The third kappa shape index (κ3) is 6.09. The molecular formula is C29H27F3N6O2. The molecule has 1 amide bonds. The fourth-order valence-electron chi connectivity index (χ4n) is 4.58. The zero-order valence-corrected chi connectivity index (χ0v) is 22.0. The van der Waals surface area contributed by atoms with Gasteiger partial charge < -0.3 is 15.0 Å². The summed E-state index contributed by atoms with van der Waals surface area (Å²) in [7, 11) is 3.43. The molecule has 0 radical (unpaired) electrons. The molecule has 1 N–H and O–H groups in total. The Bertz CT molecular complexity index is 1600. The first kappa shape index (κ1) is 27.2. The first-order valence-corrected chi connectivity index (χ1v) is 12.6. The lowest BCUT2D eigenvalue weighted by Gasteiger charge is -2.32. The number of ether oxygens (including phenoxy) is 1. The quantitative estimate of drug-likeness (QED) is 0.378. The normalized spacial score (nSPS) is 14.5. The van der Waals surface area contributed by atoms with Crippen LogP contribution in [0.1, 0.15) is 32.7 Å². The number of imidazole rings is 1. The molecular weight excluding hydrogens is 521 g/mol. The Labute approximate surface area is 229 Å². The zero-order valence-electron chi connectivity index (χ0n) is 22.0. The van der Waals surface area contributed by atoms with E-state index in [1.165, 1.54) is 13.2 Å². The number of hydrogen-bond acceptors (Lipinski definition) is 6. The van der Waals surface area contributed by atoms with E-state index in [0.29, 0.717) is 29.0 Å². The van der Waals surface area contributed by atoms with Crippen molar-refractivity contribution in [2.45, 2.75) is 12.7 Å². The number of nitrogens with one attached hydrogen (secondary N) is 1. The van der Waals surface area contributed by atoms with Crippen LogP contribution >= 0.6 is 0 Å². The molecule has 206 valence electrons. The van der Waals surface area contributed by atoms with Crippen LogP contribution < -0.4 is 10.1 Å². The number of carbonyl (C=O) groups is 1. The summed E-state index contributed by atoms with van der Waals surface area (Å²) in [5.74, 6) is 5.65. The molecule has 4 aromatic rings. The van der Waals surface area contributed by atoms with Crippen molar-refractivity contribution < 1.29 is 22.7 Å². The van der Waals surface area contributed by atoms with Gasteiger partial charge in [-0.3, -0.25) is 19.1 Å². The maximum atomic E-state index is 13.7. The van der Waals surface area contributed by atoms with Crippen LogP contribution in [0.3, 0.4) is 0 Å². The van der Waals surface area contributed by atoms with Crippen LogP contribution in [-0.2, 0) is 12.7 Å². The van der Waals surface area contributed by atoms with Gasteiger partial charge in [0.2, 0.25) is 0 Å². The molecule has 40 heavy (non-hydrogen) atoms. The van der Waals surface area contributed by atoms with Crippen molar-refractivity contribution >= 4 is 17.2 Å². The number of likely N-dealkylation sites (N-methyl/N-ethyl adjacent to an activating group) is 1. The first-order valence-electron chi connectivity index (χ1n) is 12.6. The second kappa shape index (κ2) is 11.4. The molecule has 1 saturated heterocycles. The van der Waals surface area contributed by atoms with E-state index in [1.54, 1.807) is 47.4 Å². The van der Waals surface area contributed by atoms with Crippen molar-refractivity contribution in [1.29, 1.82) is 0 Å². The molecule has 8 nitrogen and oxygen atoms in total. The molecule has 0 unspecified atom stereocenters. The number of hydrogen-bond donors (Lipinski definition) is 1. The molecule has 0 spiro atoms. The van der Waals surface area contributed by atoms with Gasteiger partial charge in [0.25, 0.3) is 5.91 Å². The molecule has 5 rings (SSSR count). The number of fused-ring (bicyclic) bond motifs is 1. The highest BCUT2D eigenvalue weighted by Crippen LogP contribution is 2.33. The maximum Gasteiger partial charge on any atom is 0.416 e. The predicted octanol–water partition coefficient (Wildman–Crippen LogP) is 4.16. The van der Waals surface area contributed by atoms with E-state index in [9.17, 15) is 18.0 Å². The minimum atomic E-state index is -4.56. The van der Waals surface area contributed by atoms with Gasteiger partial charge in [-0.1, -0.05) is 12.0 Å². The van der Waals surface area contributed by atoms with Crippen molar-refractivity contribution in [3.63, 3.8) is 0 Å². The van der Waals surface area contributed by atoms with E-state index in [2.05, 4.69) is 36.9 Å². The fraction of sp³-hybridized carbons (Fsp3) is 0.276. The van der Waals surface area contributed by atoms with Crippen molar-refractivity contribution in [2.24, 2.45) is 0 Å². The van der Waals surface area contributed by atoms with E-state index in [-0.39, 0.29) is 17.0 Å². The fourth-order valence-corrected chi connectivity index (χ4v) is 4.58. The van der Waals surface area contributed by atoms with Crippen LogP contribution in [0.15, 0.2) is 61.2 Å². The molecule has 1 aliphatic heterocycles. The summed E-state index contributed by atoms with van der Waals surface area (Å²) in [5, 5.41) is 2.64. The number of amides is 1. The van der Waals surface area contributed by atoms with Crippen LogP contribution in [-0.4, -0.2) is 70.4 Å². The number of alkyl halides is 3. The molecule has 0 saturated carbocycles. The molecule has 2 aromatic heterocycles. The van der Waals surface area contributed by atoms with Gasteiger partial charge in [-0.05, 0) is 48.9 Å². The van der Waals surface area contributed by atoms with E-state index in [1.807, 2.05) is 7.05 Å². The summed E-state index contributed by atoms with van der Waals surface area (Å²) in [6.45, 7) is 3.55. The van der Waals surface area contributed by atoms with Crippen LogP contribution in [0.25, 0.3) is 5.65 Å². The highest BCUT2D eigenvalue weighted by Gasteiger charge is 2.32. The van der Waals surface area contributed by atoms with Gasteiger partial charge in [0, 0.05) is 50.8 Å². The number of benzene rings is 2. The summed E-state index contributed by atoms with van der Waals surface area (Å²) in [6, 6.07) is 8.55. The number of halogens is 3. The van der Waals surface area contributed by atoms with Crippen LogP contribution in [0.5, 0.6) is 5.75 Å². The zero-order chi connectivity index (χ0) is 28.3. The Kier molecular flexibility index (Phi) is 7.73. The van der Waals surface area contributed by atoms with E-state index in [0.717, 1.165) is 38.3 Å². The first-order chi connectivity index (χ1) is 19.2.